The molecule has 0 spiro atoms. The molecule has 1 aliphatic carbocycles. The molecule has 128 valence electrons. The van der Waals surface area contributed by atoms with E-state index < -0.39 is 5.60 Å². The van der Waals surface area contributed by atoms with Crippen molar-refractivity contribution in [2.75, 3.05) is 6.61 Å². The highest BCUT2D eigenvalue weighted by atomic mass is 16.5. The van der Waals surface area contributed by atoms with Crippen LogP contribution in [0.5, 0.6) is 0 Å². The van der Waals surface area contributed by atoms with Gasteiger partial charge in [-0.3, -0.25) is 0 Å². The third-order valence-corrected chi connectivity index (χ3v) is 4.97. The third kappa shape index (κ3) is 3.26. The molecule has 0 radical (unpaired) electrons. The minimum atomic E-state index is -0.822. The predicted molar refractivity (Wildman–Crippen MR) is 101 cm³/mol. The first-order chi connectivity index (χ1) is 11.3. The summed E-state index contributed by atoms with van der Waals surface area (Å²) in [5.41, 5.74) is 2.40. The van der Waals surface area contributed by atoms with Crippen LogP contribution in [0.4, 0.5) is 0 Å². The molecule has 0 atom stereocenters. The summed E-state index contributed by atoms with van der Waals surface area (Å²) < 4.78 is 6.40. The number of allylic oxidation sites excluding steroid dienone is 1. The normalized spacial score (nSPS) is 17.3. The van der Waals surface area contributed by atoms with Crippen molar-refractivity contribution in [3.8, 4) is 0 Å². The van der Waals surface area contributed by atoms with Gasteiger partial charge in [0.1, 0.15) is 0 Å². The first-order valence-corrected chi connectivity index (χ1v) is 8.87. The first kappa shape index (κ1) is 17.2. The Balaban J connectivity index is 2.16. The van der Waals surface area contributed by atoms with Crippen molar-refractivity contribution in [3.63, 3.8) is 0 Å². The summed E-state index contributed by atoms with van der Waals surface area (Å²) >= 11 is 0. The van der Waals surface area contributed by atoms with E-state index in [0.29, 0.717) is 6.61 Å². The number of benzene rings is 2. The van der Waals surface area contributed by atoms with Gasteiger partial charge in [0, 0.05) is 0 Å². The van der Waals surface area contributed by atoms with E-state index in [2.05, 4.69) is 49.9 Å². The molecule has 2 heteroatoms. The van der Waals surface area contributed by atoms with E-state index in [9.17, 15) is 5.11 Å². The van der Waals surface area contributed by atoms with E-state index in [1.165, 1.54) is 21.9 Å². The molecule has 3 rings (SSSR count). The van der Waals surface area contributed by atoms with Gasteiger partial charge < -0.3 is 9.84 Å². The molecular formula is C22H28O2. The summed E-state index contributed by atoms with van der Waals surface area (Å²) in [6.07, 6.45) is 4.34. The van der Waals surface area contributed by atoms with Gasteiger partial charge in [-0.1, -0.05) is 61.4 Å². The molecule has 0 amide bonds. The molecule has 0 unspecified atom stereocenters. The topological polar surface area (TPSA) is 29.5 Å². The largest absolute Gasteiger partial charge is 0.388 e. The molecule has 2 nitrogen and oxygen atoms in total. The van der Waals surface area contributed by atoms with Gasteiger partial charge in [0.15, 0.2) is 0 Å². The Morgan fingerprint density at radius 1 is 1.17 bits per heavy atom. The van der Waals surface area contributed by atoms with Crippen LogP contribution in [0.3, 0.4) is 0 Å². The Morgan fingerprint density at radius 2 is 1.79 bits per heavy atom. The maximum absolute atomic E-state index is 10.2. The zero-order chi connectivity index (χ0) is 17.4. The van der Waals surface area contributed by atoms with Crippen LogP contribution < -0.4 is 0 Å². The Hall–Kier alpha value is -1.64. The number of hydrogen-bond acceptors (Lipinski definition) is 2. The molecule has 2 aromatic carbocycles. The third-order valence-electron chi connectivity index (χ3n) is 4.97. The van der Waals surface area contributed by atoms with Crippen molar-refractivity contribution in [2.45, 2.75) is 57.7 Å². The Kier molecular flexibility index (Phi) is 4.54. The summed E-state index contributed by atoms with van der Waals surface area (Å²) in [4.78, 5) is 0. The lowest BCUT2D eigenvalue weighted by Gasteiger charge is -2.34. The summed E-state index contributed by atoms with van der Waals surface area (Å²) in [6.45, 7) is 10.2. The number of ether oxygens (including phenoxy) is 1. The fourth-order valence-electron chi connectivity index (χ4n) is 3.83. The molecule has 0 aromatic heterocycles. The zero-order valence-electron chi connectivity index (χ0n) is 15.1. The number of fused-ring (bicyclic) bond motifs is 1. The fraction of sp³-hybridized carbons (Fsp3) is 0.455. The molecule has 0 bridgehead atoms. The number of hydrogen-bond donors (Lipinski definition) is 1. The van der Waals surface area contributed by atoms with Crippen molar-refractivity contribution in [1.29, 1.82) is 0 Å². The lowest BCUT2D eigenvalue weighted by atomic mass is 9.84. The monoisotopic (exact) mass is 324 g/mol. The van der Waals surface area contributed by atoms with Crippen LogP contribution in [-0.2, 0) is 10.3 Å². The average Bonchev–Trinajstić information content (AvgIpc) is 3.01. The van der Waals surface area contributed by atoms with E-state index in [1.54, 1.807) is 13.8 Å². The molecule has 1 N–H and O–H groups in total. The minimum Gasteiger partial charge on any atom is -0.388 e. The van der Waals surface area contributed by atoms with Gasteiger partial charge >= 0.3 is 0 Å². The van der Waals surface area contributed by atoms with E-state index in [1.807, 2.05) is 0 Å². The van der Waals surface area contributed by atoms with E-state index in [4.69, 9.17) is 4.74 Å². The molecule has 24 heavy (non-hydrogen) atoms. The maximum atomic E-state index is 10.2. The van der Waals surface area contributed by atoms with Crippen LogP contribution >= 0.6 is 0 Å². The number of aliphatic hydroxyl groups is 1. The van der Waals surface area contributed by atoms with Gasteiger partial charge in [-0.25, -0.2) is 0 Å². The van der Waals surface area contributed by atoms with Gasteiger partial charge in [-0.15, -0.1) is 0 Å². The Morgan fingerprint density at radius 3 is 2.38 bits per heavy atom. The van der Waals surface area contributed by atoms with E-state index >= 15 is 0 Å². The van der Waals surface area contributed by atoms with Crippen LogP contribution in [-0.4, -0.2) is 17.3 Å². The van der Waals surface area contributed by atoms with Gasteiger partial charge in [0.25, 0.3) is 0 Å². The molecule has 1 fully saturated rings. The molecule has 0 saturated heterocycles. The van der Waals surface area contributed by atoms with Crippen molar-refractivity contribution in [2.24, 2.45) is 0 Å². The lowest BCUT2D eigenvalue weighted by molar-refractivity contribution is -0.108. The second-order valence-electron chi connectivity index (χ2n) is 7.79. The average molecular weight is 324 g/mol. The summed E-state index contributed by atoms with van der Waals surface area (Å²) in [5.74, 6) is 0. The quantitative estimate of drug-likeness (QED) is 0.794. The number of rotatable bonds is 5. The summed E-state index contributed by atoms with van der Waals surface area (Å²) in [7, 11) is 0. The standard InChI is InChI=1S/C22H28O2/c1-16(2)18-11-7-9-17-10-8-12-19(20(17)18)22(13-5-6-14-22)24-15-21(3,4)23/h7-12,23H,1,5-6,13-15H2,2-4H3. The first-order valence-electron chi connectivity index (χ1n) is 8.87. The second-order valence-corrected chi connectivity index (χ2v) is 7.79. The second kappa shape index (κ2) is 6.34. The van der Waals surface area contributed by atoms with Gasteiger partial charge in [-0.05, 0) is 55.5 Å². The zero-order valence-corrected chi connectivity index (χ0v) is 15.1. The van der Waals surface area contributed by atoms with Crippen molar-refractivity contribution >= 4 is 16.3 Å². The molecule has 0 aliphatic heterocycles. The van der Waals surface area contributed by atoms with Crippen LogP contribution in [0.15, 0.2) is 43.0 Å². The molecule has 1 aliphatic rings. The van der Waals surface area contributed by atoms with E-state index in [0.717, 1.165) is 31.3 Å². The molecule has 2 aromatic rings. The Bertz CT molecular complexity index is 741. The summed E-state index contributed by atoms with van der Waals surface area (Å²) in [6, 6.07) is 12.9. The highest BCUT2D eigenvalue weighted by Gasteiger charge is 2.39. The van der Waals surface area contributed by atoms with Crippen LogP contribution in [0.1, 0.15) is 57.6 Å². The SMILES string of the molecule is C=C(C)c1cccc2cccc(C3(OCC(C)(C)O)CCCC3)c12. The van der Waals surface area contributed by atoms with E-state index in [-0.39, 0.29) is 5.60 Å². The smallest absolute Gasteiger partial charge is 0.0939 e. The Labute approximate surface area is 145 Å². The van der Waals surface area contributed by atoms with Gasteiger partial charge in [-0.2, -0.15) is 0 Å². The molecular weight excluding hydrogens is 296 g/mol. The highest BCUT2D eigenvalue weighted by molar-refractivity contribution is 5.96. The van der Waals surface area contributed by atoms with Crippen molar-refractivity contribution in [1.82, 2.24) is 0 Å². The van der Waals surface area contributed by atoms with Crippen LogP contribution in [0.2, 0.25) is 0 Å². The maximum Gasteiger partial charge on any atom is 0.0939 e. The van der Waals surface area contributed by atoms with Crippen LogP contribution in [0, 0.1) is 0 Å². The highest BCUT2D eigenvalue weighted by Crippen LogP contribution is 2.46. The lowest BCUT2D eigenvalue weighted by Crippen LogP contribution is -2.35. The molecule has 1 saturated carbocycles. The van der Waals surface area contributed by atoms with Gasteiger partial charge in [0.2, 0.25) is 0 Å². The minimum absolute atomic E-state index is 0.301. The molecule has 0 heterocycles. The fourth-order valence-corrected chi connectivity index (χ4v) is 3.83. The van der Waals surface area contributed by atoms with Gasteiger partial charge in [0.05, 0.1) is 17.8 Å². The van der Waals surface area contributed by atoms with Crippen molar-refractivity contribution < 1.29 is 9.84 Å². The predicted octanol–water partition coefficient (Wildman–Crippen LogP) is 5.43. The summed E-state index contributed by atoms with van der Waals surface area (Å²) in [5, 5.41) is 12.6. The van der Waals surface area contributed by atoms with Crippen LogP contribution in [0.25, 0.3) is 16.3 Å². The van der Waals surface area contributed by atoms with Crippen molar-refractivity contribution in [3.05, 3.63) is 54.1 Å².